The van der Waals surface area contributed by atoms with Gasteiger partial charge in [0.15, 0.2) is 5.82 Å². The first kappa shape index (κ1) is 22.0. The van der Waals surface area contributed by atoms with Crippen molar-refractivity contribution in [3.63, 3.8) is 0 Å². The molecule has 7 heteroatoms. The number of hydrogen-bond donors (Lipinski definition) is 0. The number of benzene rings is 2. The molecule has 1 aliphatic heterocycles. The van der Waals surface area contributed by atoms with Gasteiger partial charge < -0.3 is 9.80 Å². The molecule has 0 radical (unpaired) electrons. The van der Waals surface area contributed by atoms with Crippen LogP contribution in [0.2, 0.25) is 5.02 Å². The summed E-state index contributed by atoms with van der Waals surface area (Å²) in [5.74, 6) is 0.921. The van der Waals surface area contributed by atoms with Crippen molar-refractivity contribution in [2.75, 3.05) is 24.5 Å². The maximum absolute atomic E-state index is 12.7. The van der Waals surface area contributed by atoms with Gasteiger partial charge in [-0.2, -0.15) is 5.26 Å². The minimum Gasteiger partial charge on any atom is -0.353 e. The molecule has 164 valence electrons. The minimum atomic E-state index is -0.0292. The number of hydrogen-bond acceptors (Lipinski definition) is 5. The van der Waals surface area contributed by atoms with Crippen LogP contribution in [0, 0.1) is 17.2 Å². The van der Waals surface area contributed by atoms with Crippen molar-refractivity contribution in [2.45, 2.75) is 33.2 Å². The van der Waals surface area contributed by atoms with E-state index in [0.29, 0.717) is 29.2 Å². The van der Waals surface area contributed by atoms with E-state index in [1.54, 1.807) is 12.1 Å². The van der Waals surface area contributed by atoms with Gasteiger partial charge >= 0.3 is 0 Å². The molecule has 0 N–H and O–H groups in total. The predicted octanol–water partition coefficient (Wildman–Crippen LogP) is 4.91. The van der Waals surface area contributed by atoms with E-state index in [0.717, 1.165) is 35.6 Å². The molecule has 0 unspecified atom stereocenters. The molecule has 1 aliphatic rings. The number of halogens is 1. The zero-order valence-corrected chi connectivity index (χ0v) is 19.3. The van der Waals surface area contributed by atoms with Gasteiger partial charge in [-0.15, -0.1) is 0 Å². The van der Waals surface area contributed by atoms with Crippen LogP contribution >= 0.6 is 11.6 Å². The first-order valence-electron chi connectivity index (χ1n) is 10.9. The summed E-state index contributed by atoms with van der Waals surface area (Å²) in [4.78, 5) is 26.7. The largest absolute Gasteiger partial charge is 0.353 e. The Morgan fingerprint density at radius 1 is 1.25 bits per heavy atom. The summed E-state index contributed by atoms with van der Waals surface area (Å²) in [5.41, 5.74) is 3.59. The van der Waals surface area contributed by atoms with Crippen molar-refractivity contribution in [1.82, 2.24) is 14.9 Å². The number of carbonyl (C=O) groups excluding carboxylic acids is 1. The lowest BCUT2D eigenvalue weighted by Crippen LogP contribution is -2.43. The van der Waals surface area contributed by atoms with Crippen molar-refractivity contribution in [2.24, 2.45) is 5.92 Å². The number of rotatable bonds is 5. The average molecular weight is 448 g/mol. The highest BCUT2D eigenvalue weighted by molar-refractivity contribution is 6.31. The Kier molecular flexibility index (Phi) is 6.29. The van der Waals surface area contributed by atoms with Gasteiger partial charge in [-0.3, -0.25) is 4.79 Å². The van der Waals surface area contributed by atoms with E-state index in [1.807, 2.05) is 56.0 Å². The van der Waals surface area contributed by atoms with Gasteiger partial charge in [0.25, 0.3) is 0 Å². The SMILES string of the molecule is CCN(C(=O)C(C)C)[C@H]1CCN(c2nc3ccc(Cl)cc3nc2-c2cccc(C#N)c2)C1. The molecule has 1 atom stereocenters. The Morgan fingerprint density at radius 3 is 2.78 bits per heavy atom. The number of carbonyl (C=O) groups is 1. The van der Waals surface area contributed by atoms with E-state index >= 15 is 0 Å². The van der Waals surface area contributed by atoms with Crippen molar-refractivity contribution >= 4 is 34.4 Å². The number of nitriles is 1. The molecule has 3 aromatic rings. The highest BCUT2D eigenvalue weighted by Crippen LogP contribution is 2.33. The van der Waals surface area contributed by atoms with Gasteiger partial charge in [0.05, 0.1) is 28.7 Å². The minimum absolute atomic E-state index is 0.0292. The Labute approximate surface area is 193 Å². The van der Waals surface area contributed by atoms with E-state index < -0.39 is 0 Å². The van der Waals surface area contributed by atoms with E-state index in [2.05, 4.69) is 11.0 Å². The Hall–Kier alpha value is -3.17. The van der Waals surface area contributed by atoms with Gasteiger partial charge in [-0.1, -0.05) is 37.6 Å². The highest BCUT2D eigenvalue weighted by Gasteiger charge is 2.33. The number of likely N-dealkylation sites (N-methyl/N-ethyl adjacent to an activating group) is 1. The predicted molar refractivity (Wildman–Crippen MR) is 128 cm³/mol. The summed E-state index contributed by atoms with van der Waals surface area (Å²) < 4.78 is 0. The fraction of sp³-hybridized carbons (Fsp3) is 0.360. The molecule has 0 bridgehead atoms. The number of amides is 1. The third kappa shape index (κ3) is 4.26. The number of fused-ring (bicyclic) bond motifs is 1. The summed E-state index contributed by atoms with van der Waals surface area (Å²) in [5, 5.41) is 9.97. The van der Waals surface area contributed by atoms with Gasteiger partial charge in [0, 0.05) is 36.1 Å². The molecule has 0 spiro atoms. The van der Waals surface area contributed by atoms with Crippen LogP contribution in [0.1, 0.15) is 32.8 Å². The molecule has 0 aliphatic carbocycles. The van der Waals surface area contributed by atoms with E-state index in [9.17, 15) is 10.1 Å². The van der Waals surface area contributed by atoms with Crippen LogP contribution in [0.25, 0.3) is 22.3 Å². The van der Waals surface area contributed by atoms with Crippen molar-refractivity contribution in [3.8, 4) is 17.3 Å². The molecule has 32 heavy (non-hydrogen) atoms. The summed E-state index contributed by atoms with van der Waals surface area (Å²) in [6, 6.07) is 15.2. The van der Waals surface area contributed by atoms with Gasteiger partial charge in [-0.25, -0.2) is 9.97 Å². The number of aromatic nitrogens is 2. The van der Waals surface area contributed by atoms with Crippen molar-refractivity contribution in [1.29, 1.82) is 5.26 Å². The lowest BCUT2D eigenvalue weighted by molar-refractivity contribution is -0.136. The second-order valence-electron chi connectivity index (χ2n) is 8.39. The molecule has 4 rings (SSSR count). The maximum Gasteiger partial charge on any atom is 0.225 e. The highest BCUT2D eigenvalue weighted by atomic mass is 35.5. The van der Waals surface area contributed by atoms with Gasteiger partial charge in [-0.05, 0) is 43.7 Å². The van der Waals surface area contributed by atoms with Crippen LogP contribution < -0.4 is 4.90 Å². The molecular weight excluding hydrogens is 422 g/mol. The van der Waals surface area contributed by atoms with Crippen molar-refractivity contribution < 1.29 is 4.79 Å². The molecule has 1 amide bonds. The Morgan fingerprint density at radius 2 is 2.06 bits per heavy atom. The third-order valence-electron chi connectivity index (χ3n) is 5.89. The van der Waals surface area contributed by atoms with E-state index in [4.69, 9.17) is 21.6 Å². The van der Waals surface area contributed by atoms with Crippen LogP contribution in [-0.2, 0) is 4.79 Å². The summed E-state index contributed by atoms with van der Waals surface area (Å²) >= 11 is 6.20. The molecule has 1 aromatic heterocycles. The summed E-state index contributed by atoms with van der Waals surface area (Å²) in [7, 11) is 0. The van der Waals surface area contributed by atoms with Crippen LogP contribution in [0.3, 0.4) is 0 Å². The molecule has 1 fully saturated rings. The van der Waals surface area contributed by atoms with Crippen LogP contribution in [0.15, 0.2) is 42.5 Å². The van der Waals surface area contributed by atoms with Gasteiger partial charge in [0.1, 0.15) is 5.69 Å². The smallest absolute Gasteiger partial charge is 0.225 e. The fourth-order valence-electron chi connectivity index (χ4n) is 4.28. The quantitative estimate of drug-likeness (QED) is 0.555. The lowest BCUT2D eigenvalue weighted by Gasteiger charge is -2.30. The summed E-state index contributed by atoms with van der Waals surface area (Å²) in [6.07, 6.45) is 0.879. The molecule has 2 aromatic carbocycles. The topological polar surface area (TPSA) is 73.1 Å². The fourth-order valence-corrected chi connectivity index (χ4v) is 4.45. The zero-order chi connectivity index (χ0) is 22.8. The standard InChI is InChI=1S/C25H26ClN5O/c1-4-31(25(32)16(2)3)20-10-11-30(15-20)24-23(18-7-5-6-17(12-18)14-27)28-22-13-19(26)8-9-21(22)29-24/h5-9,12-13,16,20H,4,10-11,15H2,1-3H3/t20-/m0/s1. The van der Waals surface area contributed by atoms with Gasteiger partial charge in [0.2, 0.25) is 5.91 Å². The first-order valence-corrected chi connectivity index (χ1v) is 11.3. The second kappa shape index (κ2) is 9.13. The number of nitrogens with zero attached hydrogens (tertiary/aromatic N) is 5. The zero-order valence-electron chi connectivity index (χ0n) is 18.5. The molecule has 0 saturated carbocycles. The molecular formula is C25H26ClN5O. The first-order chi connectivity index (χ1) is 15.4. The normalized spacial score (nSPS) is 15.9. The summed E-state index contributed by atoms with van der Waals surface area (Å²) in [6.45, 7) is 8.09. The molecule has 2 heterocycles. The second-order valence-corrected chi connectivity index (χ2v) is 8.83. The monoisotopic (exact) mass is 447 g/mol. The van der Waals surface area contributed by atoms with Crippen LogP contribution in [0.4, 0.5) is 5.82 Å². The van der Waals surface area contributed by atoms with Crippen LogP contribution in [-0.4, -0.2) is 46.5 Å². The van der Waals surface area contributed by atoms with E-state index in [1.165, 1.54) is 0 Å². The third-order valence-corrected chi connectivity index (χ3v) is 6.13. The Bertz CT molecular complexity index is 1200. The van der Waals surface area contributed by atoms with Crippen molar-refractivity contribution in [3.05, 3.63) is 53.1 Å². The van der Waals surface area contributed by atoms with Crippen LogP contribution in [0.5, 0.6) is 0 Å². The maximum atomic E-state index is 12.7. The number of anilines is 1. The lowest BCUT2D eigenvalue weighted by atomic mass is 10.1. The molecule has 1 saturated heterocycles. The molecule has 6 nitrogen and oxygen atoms in total. The van der Waals surface area contributed by atoms with E-state index in [-0.39, 0.29) is 17.9 Å². The average Bonchev–Trinajstić information content (AvgIpc) is 3.28. The Balaban J connectivity index is 1.77.